The number of amides is 1. The highest BCUT2D eigenvalue weighted by Gasteiger charge is 2.50. The summed E-state index contributed by atoms with van der Waals surface area (Å²) in [5.41, 5.74) is 3.87. The maximum atomic E-state index is 14.5. The molecule has 4 aromatic rings. The summed E-state index contributed by atoms with van der Waals surface area (Å²) in [6.07, 6.45) is 8.03. The predicted molar refractivity (Wildman–Crippen MR) is 150 cm³/mol. The van der Waals surface area contributed by atoms with Crippen LogP contribution >= 0.6 is 15.9 Å². The van der Waals surface area contributed by atoms with Gasteiger partial charge in [-0.2, -0.15) is 0 Å². The van der Waals surface area contributed by atoms with Gasteiger partial charge in [-0.3, -0.25) is 14.8 Å². The van der Waals surface area contributed by atoms with Crippen molar-refractivity contribution in [3.05, 3.63) is 118 Å². The van der Waals surface area contributed by atoms with Crippen LogP contribution in [0.25, 0.3) is 0 Å². The summed E-state index contributed by atoms with van der Waals surface area (Å²) in [5, 5.41) is 0. The second-order valence-electron chi connectivity index (χ2n) is 9.63. The molecule has 38 heavy (non-hydrogen) atoms. The number of aromatic nitrogens is 2. The van der Waals surface area contributed by atoms with Gasteiger partial charge in [-0.25, -0.2) is 12.7 Å². The van der Waals surface area contributed by atoms with Crippen LogP contribution in [0.15, 0.2) is 101 Å². The largest absolute Gasteiger partial charge is 0.307 e. The summed E-state index contributed by atoms with van der Waals surface area (Å²) in [5.74, 6) is 0.00390. The SMILES string of the molecule is CN(C)S(=O)(=O)c1ccc(CN2C(=O)C(Cc3ccncc3)(Cc3ccncc3)c3ccc(Br)cc32)cc1. The summed E-state index contributed by atoms with van der Waals surface area (Å²) in [4.78, 5) is 24.8. The molecule has 1 aliphatic heterocycles. The molecular formula is C29H27BrN4O3S. The number of benzene rings is 2. The van der Waals surface area contributed by atoms with Crippen molar-refractivity contribution < 1.29 is 13.2 Å². The monoisotopic (exact) mass is 590 g/mol. The van der Waals surface area contributed by atoms with Gasteiger partial charge in [0.15, 0.2) is 0 Å². The lowest BCUT2D eigenvalue weighted by atomic mass is 9.72. The van der Waals surface area contributed by atoms with Crippen LogP contribution in [0.5, 0.6) is 0 Å². The standard InChI is InChI=1S/C29H27BrN4O3S/c1-33(2)38(36,37)25-6-3-23(4-7-25)20-34-27-17-24(30)5-8-26(27)29(28(34)35,18-21-9-13-31-14-10-21)19-22-11-15-32-16-12-22/h3-17H,18-20H2,1-2H3. The predicted octanol–water partition coefficient (Wildman–Crippen LogP) is 4.76. The van der Waals surface area contributed by atoms with Gasteiger partial charge in [0.05, 0.1) is 16.9 Å². The Morgan fingerprint density at radius 3 is 1.89 bits per heavy atom. The molecule has 7 nitrogen and oxygen atoms in total. The van der Waals surface area contributed by atoms with Gasteiger partial charge in [0.1, 0.15) is 0 Å². The molecule has 0 spiro atoms. The van der Waals surface area contributed by atoms with Crippen LogP contribution in [0.4, 0.5) is 5.69 Å². The minimum absolute atomic E-state index is 0.00390. The first kappa shape index (κ1) is 26.2. The molecule has 0 atom stereocenters. The van der Waals surface area contributed by atoms with Crippen LogP contribution in [-0.2, 0) is 39.6 Å². The summed E-state index contributed by atoms with van der Waals surface area (Å²) in [6.45, 7) is 0.318. The minimum Gasteiger partial charge on any atom is -0.307 e. The maximum Gasteiger partial charge on any atom is 0.242 e. The van der Waals surface area contributed by atoms with Crippen LogP contribution in [0.2, 0.25) is 0 Å². The van der Waals surface area contributed by atoms with Crippen molar-refractivity contribution >= 4 is 37.5 Å². The molecule has 3 heterocycles. The normalized spacial score (nSPS) is 14.6. The molecule has 1 amide bonds. The Morgan fingerprint density at radius 2 is 1.37 bits per heavy atom. The Hall–Kier alpha value is -3.40. The van der Waals surface area contributed by atoms with Gasteiger partial charge in [-0.05, 0) is 83.6 Å². The molecule has 0 saturated carbocycles. The Bertz CT molecular complexity index is 1520. The summed E-state index contributed by atoms with van der Waals surface area (Å²) in [7, 11) is -0.525. The van der Waals surface area contributed by atoms with E-state index >= 15 is 0 Å². The lowest BCUT2D eigenvalue weighted by Crippen LogP contribution is -2.43. The van der Waals surface area contributed by atoms with E-state index in [1.807, 2.05) is 47.4 Å². The maximum absolute atomic E-state index is 14.5. The van der Waals surface area contributed by atoms with Crippen molar-refractivity contribution in [2.45, 2.75) is 29.7 Å². The van der Waals surface area contributed by atoms with Gasteiger partial charge in [-0.15, -0.1) is 0 Å². The van der Waals surface area contributed by atoms with E-state index in [4.69, 9.17) is 0 Å². The quantitative estimate of drug-likeness (QED) is 0.295. The summed E-state index contributed by atoms with van der Waals surface area (Å²) in [6, 6.07) is 20.5. The fraction of sp³-hybridized carbons (Fsp3) is 0.207. The number of carbonyl (C=O) groups is 1. The average molecular weight is 592 g/mol. The molecule has 2 aromatic heterocycles. The Labute approximate surface area is 231 Å². The third-order valence-electron chi connectivity index (χ3n) is 6.97. The van der Waals surface area contributed by atoms with Crippen molar-refractivity contribution in [2.24, 2.45) is 0 Å². The highest BCUT2D eigenvalue weighted by Crippen LogP contribution is 2.47. The number of nitrogens with zero attached hydrogens (tertiary/aromatic N) is 4. The topological polar surface area (TPSA) is 83.5 Å². The zero-order valence-corrected chi connectivity index (χ0v) is 23.5. The Morgan fingerprint density at radius 1 is 0.816 bits per heavy atom. The molecule has 194 valence electrons. The molecule has 0 fully saturated rings. The minimum atomic E-state index is -3.54. The van der Waals surface area contributed by atoms with Crippen molar-refractivity contribution in [2.75, 3.05) is 19.0 Å². The highest BCUT2D eigenvalue weighted by atomic mass is 79.9. The van der Waals surface area contributed by atoms with Gasteiger partial charge >= 0.3 is 0 Å². The van der Waals surface area contributed by atoms with E-state index in [2.05, 4.69) is 25.9 Å². The number of sulfonamides is 1. The van der Waals surface area contributed by atoms with E-state index in [1.165, 1.54) is 18.4 Å². The molecule has 2 aromatic carbocycles. The third kappa shape index (κ3) is 4.89. The molecule has 0 saturated heterocycles. The molecule has 0 radical (unpaired) electrons. The van der Waals surface area contributed by atoms with Gasteiger partial charge < -0.3 is 4.90 Å². The first-order valence-electron chi connectivity index (χ1n) is 12.1. The lowest BCUT2D eigenvalue weighted by molar-refractivity contribution is -0.123. The molecule has 9 heteroatoms. The molecule has 0 bridgehead atoms. The first-order chi connectivity index (χ1) is 18.2. The zero-order valence-electron chi connectivity index (χ0n) is 21.1. The van der Waals surface area contributed by atoms with Crippen molar-refractivity contribution in [3.63, 3.8) is 0 Å². The Kier molecular flexibility index (Phi) is 7.17. The number of fused-ring (bicyclic) bond motifs is 1. The summed E-state index contributed by atoms with van der Waals surface area (Å²) >= 11 is 3.59. The Balaban J connectivity index is 1.57. The van der Waals surface area contributed by atoms with Crippen LogP contribution in [0, 0.1) is 0 Å². The van der Waals surface area contributed by atoms with Crippen LogP contribution in [0.1, 0.15) is 22.3 Å². The number of carbonyl (C=O) groups excluding carboxylic acids is 1. The first-order valence-corrected chi connectivity index (χ1v) is 14.4. The number of hydrogen-bond acceptors (Lipinski definition) is 5. The third-order valence-corrected chi connectivity index (χ3v) is 9.30. The number of hydrogen-bond donors (Lipinski definition) is 0. The second-order valence-corrected chi connectivity index (χ2v) is 12.7. The highest BCUT2D eigenvalue weighted by molar-refractivity contribution is 9.10. The number of anilines is 1. The lowest BCUT2D eigenvalue weighted by Gasteiger charge is -2.29. The molecule has 1 aliphatic rings. The number of rotatable bonds is 8. The average Bonchev–Trinajstić information content (AvgIpc) is 3.12. The van der Waals surface area contributed by atoms with Gasteiger partial charge in [0.2, 0.25) is 15.9 Å². The van der Waals surface area contributed by atoms with E-state index in [1.54, 1.807) is 49.1 Å². The van der Waals surface area contributed by atoms with E-state index in [-0.39, 0.29) is 10.8 Å². The fourth-order valence-electron chi connectivity index (χ4n) is 5.04. The second kappa shape index (κ2) is 10.4. The smallest absolute Gasteiger partial charge is 0.242 e. The fourth-order valence-corrected chi connectivity index (χ4v) is 6.29. The van der Waals surface area contributed by atoms with E-state index < -0.39 is 15.4 Å². The van der Waals surface area contributed by atoms with Crippen molar-refractivity contribution in [3.8, 4) is 0 Å². The number of halogens is 1. The molecular weight excluding hydrogens is 564 g/mol. The van der Waals surface area contributed by atoms with Gasteiger partial charge in [0.25, 0.3) is 0 Å². The van der Waals surface area contributed by atoms with Crippen molar-refractivity contribution in [1.82, 2.24) is 14.3 Å². The van der Waals surface area contributed by atoms with E-state index in [9.17, 15) is 13.2 Å². The zero-order chi connectivity index (χ0) is 26.9. The summed E-state index contributed by atoms with van der Waals surface area (Å²) < 4.78 is 27.1. The molecule has 0 aliphatic carbocycles. The van der Waals surface area contributed by atoms with Gasteiger partial charge in [0, 0.05) is 49.0 Å². The molecule has 0 unspecified atom stereocenters. The molecule has 0 N–H and O–H groups in total. The van der Waals surface area contributed by atoms with Gasteiger partial charge in [-0.1, -0.05) is 34.1 Å². The van der Waals surface area contributed by atoms with E-state index in [0.717, 1.165) is 32.4 Å². The van der Waals surface area contributed by atoms with Crippen LogP contribution in [0.3, 0.4) is 0 Å². The van der Waals surface area contributed by atoms with Crippen LogP contribution in [-0.4, -0.2) is 42.7 Å². The number of pyridine rings is 2. The van der Waals surface area contributed by atoms with E-state index in [0.29, 0.717) is 19.4 Å². The molecule has 5 rings (SSSR count). The van der Waals surface area contributed by atoms with Crippen LogP contribution < -0.4 is 4.90 Å². The van der Waals surface area contributed by atoms with Crippen molar-refractivity contribution in [1.29, 1.82) is 0 Å².